The lowest BCUT2D eigenvalue weighted by molar-refractivity contribution is 0.577. The molecule has 104 valence electrons. The van der Waals surface area contributed by atoms with Crippen LogP contribution in [0.25, 0.3) is 4.96 Å². The lowest BCUT2D eigenvalue weighted by Crippen LogP contribution is -2.08. The van der Waals surface area contributed by atoms with Gasteiger partial charge in [-0.1, -0.05) is 25.2 Å². The van der Waals surface area contributed by atoms with Gasteiger partial charge in [0.1, 0.15) is 5.01 Å². The molecule has 1 aliphatic rings. The Morgan fingerprint density at radius 1 is 1.42 bits per heavy atom. The third kappa shape index (κ3) is 2.51. The molecule has 3 heterocycles. The van der Waals surface area contributed by atoms with E-state index in [9.17, 15) is 8.42 Å². The summed E-state index contributed by atoms with van der Waals surface area (Å²) in [7, 11) is -2.81. The van der Waals surface area contributed by atoms with E-state index in [4.69, 9.17) is 0 Å². The number of nitrogens with zero attached hydrogens (tertiary/aromatic N) is 4. The third-order valence-corrected chi connectivity index (χ3v) is 6.12. The Kier molecular flexibility index (Phi) is 3.09. The van der Waals surface area contributed by atoms with E-state index in [0.717, 1.165) is 28.6 Å². The molecule has 0 radical (unpaired) electrons. The molecule has 19 heavy (non-hydrogen) atoms. The quantitative estimate of drug-likeness (QED) is 0.853. The van der Waals surface area contributed by atoms with Crippen LogP contribution in [-0.2, 0) is 16.3 Å². The van der Waals surface area contributed by atoms with Crippen molar-refractivity contribution in [3.63, 3.8) is 0 Å². The number of hydrogen-bond acceptors (Lipinski definition) is 6. The molecule has 0 amide bonds. The molecule has 0 spiro atoms. The van der Waals surface area contributed by atoms with Crippen LogP contribution in [0.15, 0.2) is 0 Å². The van der Waals surface area contributed by atoms with Crippen molar-refractivity contribution < 1.29 is 8.42 Å². The van der Waals surface area contributed by atoms with Crippen molar-refractivity contribution in [1.82, 2.24) is 19.8 Å². The summed E-state index contributed by atoms with van der Waals surface area (Å²) in [5.41, 5.74) is 0. The van der Waals surface area contributed by atoms with Crippen LogP contribution in [0.4, 0.5) is 0 Å². The van der Waals surface area contributed by atoms with E-state index in [2.05, 4.69) is 29.1 Å². The van der Waals surface area contributed by atoms with Crippen molar-refractivity contribution in [2.24, 2.45) is 5.92 Å². The van der Waals surface area contributed by atoms with E-state index < -0.39 is 9.84 Å². The van der Waals surface area contributed by atoms with Crippen molar-refractivity contribution in [2.75, 3.05) is 11.5 Å². The highest BCUT2D eigenvalue weighted by Crippen LogP contribution is 2.25. The van der Waals surface area contributed by atoms with E-state index in [1.54, 1.807) is 4.52 Å². The van der Waals surface area contributed by atoms with Gasteiger partial charge in [0.05, 0.1) is 11.5 Å². The van der Waals surface area contributed by atoms with E-state index in [1.165, 1.54) is 11.3 Å². The number of fused-ring (bicyclic) bond motifs is 1. The van der Waals surface area contributed by atoms with Gasteiger partial charge in [-0.15, -0.1) is 10.2 Å². The Labute approximate surface area is 115 Å². The molecule has 1 aliphatic heterocycles. The minimum atomic E-state index is -2.81. The maximum atomic E-state index is 11.5. The van der Waals surface area contributed by atoms with Crippen molar-refractivity contribution in [2.45, 2.75) is 32.6 Å². The van der Waals surface area contributed by atoms with Crippen LogP contribution >= 0.6 is 11.3 Å². The molecule has 8 heteroatoms. The first kappa shape index (κ1) is 13.0. The maximum Gasteiger partial charge on any atom is 0.234 e. The molecule has 0 bridgehead atoms. The molecule has 3 rings (SSSR count). The first-order valence-electron chi connectivity index (χ1n) is 6.36. The Morgan fingerprint density at radius 3 is 2.84 bits per heavy atom. The predicted molar refractivity (Wildman–Crippen MR) is 73.2 cm³/mol. The zero-order chi connectivity index (χ0) is 13.6. The number of rotatable bonds is 3. The SMILES string of the molecule is CC(C)c1nnc2sc(C[C@@H]3CCS(=O)(=O)C3)nn12. The predicted octanol–water partition coefficient (Wildman–Crippen LogP) is 1.29. The first-order chi connectivity index (χ1) is 8.94. The van der Waals surface area contributed by atoms with Gasteiger partial charge < -0.3 is 0 Å². The maximum absolute atomic E-state index is 11.5. The molecule has 1 saturated heterocycles. The lowest BCUT2D eigenvalue weighted by Gasteiger charge is -2.03. The van der Waals surface area contributed by atoms with E-state index >= 15 is 0 Å². The molecule has 0 N–H and O–H groups in total. The Bertz CT molecular complexity index is 701. The average molecular weight is 300 g/mol. The van der Waals surface area contributed by atoms with E-state index in [0.29, 0.717) is 11.5 Å². The summed E-state index contributed by atoms with van der Waals surface area (Å²) in [5, 5.41) is 13.7. The normalized spacial score (nSPS) is 22.6. The highest BCUT2D eigenvalue weighted by Gasteiger charge is 2.29. The lowest BCUT2D eigenvalue weighted by atomic mass is 10.1. The van der Waals surface area contributed by atoms with Gasteiger partial charge in [-0.2, -0.15) is 9.61 Å². The van der Waals surface area contributed by atoms with E-state index in [-0.39, 0.29) is 11.8 Å². The van der Waals surface area contributed by atoms with Gasteiger partial charge in [0, 0.05) is 12.3 Å². The van der Waals surface area contributed by atoms with Crippen molar-refractivity contribution >= 4 is 26.1 Å². The zero-order valence-corrected chi connectivity index (χ0v) is 12.5. The summed E-state index contributed by atoms with van der Waals surface area (Å²) in [4.78, 5) is 0.791. The highest BCUT2D eigenvalue weighted by atomic mass is 32.2. The summed E-state index contributed by atoms with van der Waals surface area (Å²) in [5.74, 6) is 1.95. The summed E-state index contributed by atoms with van der Waals surface area (Å²) in [6, 6.07) is 0. The van der Waals surface area contributed by atoms with Gasteiger partial charge in [-0.25, -0.2) is 8.42 Å². The molecule has 2 aromatic rings. The van der Waals surface area contributed by atoms with Crippen molar-refractivity contribution in [1.29, 1.82) is 0 Å². The Morgan fingerprint density at radius 2 is 2.21 bits per heavy atom. The fourth-order valence-corrected chi connectivity index (χ4v) is 5.21. The molecular weight excluding hydrogens is 284 g/mol. The molecular formula is C11H16N4O2S2. The zero-order valence-electron chi connectivity index (χ0n) is 10.9. The minimum Gasteiger partial charge on any atom is -0.229 e. The molecule has 1 atom stereocenters. The van der Waals surface area contributed by atoms with E-state index in [1.807, 2.05) is 0 Å². The standard InChI is InChI=1S/C11H16N4O2S2/c1-7(2)10-12-13-11-15(10)14-9(18-11)5-8-3-4-19(16,17)6-8/h7-8H,3-6H2,1-2H3/t8-/m0/s1. The van der Waals surface area contributed by atoms with Gasteiger partial charge in [0.2, 0.25) is 4.96 Å². The van der Waals surface area contributed by atoms with Crippen LogP contribution in [0.1, 0.15) is 37.0 Å². The second-order valence-corrected chi connectivity index (χ2v) is 8.65. The molecule has 0 unspecified atom stereocenters. The Balaban J connectivity index is 1.83. The fourth-order valence-electron chi connectivity index (χ4n) is 2.39. The summed E-state index contributed by atoms with van der Waals surface area (Å²) in [6.45, 7) is 4.11. The van der Waals surface area contributed by atoms with Crippen molar-refractivity contribution in [3.05, 3.63) is 10.8 Å². The van der Waals surface area contributed by atoms with Gasteiger partial charge >= 0.3 is 0 Å². The minimum absolute atomic E-state index is 0.205. The molecule has 1 fully saturated rings. The molecule has 0 aromatic carbocycles. The summed E-state index contributed by atoms with van der Waals surface area (Å²) in [6.07, 6.45) is 1.48. The van der Waals surface area contributed by atoms with Crippen LogP contribution in [-0.4, -0.2) is 39.7 Å². The second kappa shape index (κ2) is 4.52. The number of sulfone groups is 1. The van der Waals surface area contributed by atoms with Crippen LogP contribution in [0, 0.1) is 5.92 Å². The smallest absolute Gasteiger partial charge is 0.229 e. The molecule has 2 aromatic heterocycles. The monoisotopic (exact) mass is 300 g/mol. The summed E-state index contributed by atoms with van der Waals surface area (Å²) < 4.78 is 24.7. The average Bonchev–Trinajstić information content (AvgIpc) is 2.92. The van der Waals surface area contributed by atoms with Crippen LogP contribution in [0.3, 0.4) is 0 Å². The van der Waals surface area contributed by atoms with Crippen LogP contribution < -0.4 is 0 Å². The largest absolute Gasteiger partial charge is 0.234 e. The van der Waals surface area contributed by atoms with Gasteiger partial charge in [-0.3, -0.25) is 0 Å². The van der Waals surface area contributed by atoms with Gasteiger partial charge in [0.25, 0.3) is 0 Å². The molecule has 0 saturated carbocycles. The Hall–Kier alpha value is -1.02. The van der Waals surface area contributed by atoms with Gasteiger partial charge in [0.15, 0.2) is 15.7 Å². The second-order valence-electron chi connectivity index (χ2n) is 5.38. The highest BCUT2D eigenvalue weighted by molar-refractivity contribution is 7.91. The topological polar surface area (TPSA) is 77.2 Å². The van der Waals surface area contributed by atoms with Crippen LogP contribution in [0.2, 0.25) is 0 Å². The summed E-state index contributed by atoms with van der Waals surface area (Å²) >= 11 is 1.51. The van der Waals surface area contributed by atoms with Crippen LogP contribution in [0.5, 0.6) is 0 Å². The molecule has 6 nitrogen and oxygen atoms in total. The fraction of sp³-hybridized carbons (Fsp3) is 0.727. The van der Waals surface area contributed by atoms with Gasteiger partial charge in [-0.05, 0) is 12.3 Å². The third-order valence-electron chi connectivity index (χ3n) is 3.36. The first-order valence-corrected chi connectivity index (χ1v) is 9.00. The molecule has 0 aliphatic carbocycles. The number of aromatic nitrogens is 4. The number of hydrogen-bond donors (Lipinski definition) is 0. The van der Waals surface area contributed by atoms with Crippen molar-refractivity contribution in [3.8, 4) is 0 Å².